The molecule has 0 unspecified atom stereocenters. The smallest absolute Gasteiger partial charge is 0.119 e. The summed E-state index contributed by atoms with van der Waals surface area (Å²) in [4.78, 5) is 10.3. The van der Waals surface area contributed by atoms with Crippen molar-refractivity contribution in [2.24, 2.45) is 0 Å². The summed E-state index contributed by atoms with van der Waals surface area (Å²) >= 11 is 0. The predicted octanol–water partition coefficient (Wildman–Crippen LogP) is 3.75. The van der Waals surface area contributed by atoms with Gasteiger partial charge in [-0.15, -0.1) is 0 Å². The van der Waals surface area contributed by atoms with Crippen molar-refractivity contribution in [3.05, 3.63) is 47.5 Å². The maximum absolute atomic E-state index is 10.3. The van der Waals surface area contributed by atoms with Crippen LogP contribution in [0.25, 0.3) is 12.2 Å². The van der Waals surface area contributed by atoms with Crippen LogP contribution < -0.4 is 0 Å². The van der Waals surface area contributed by atoms with E-state index < -0.39 is 18.3 Å². The molecule has 3 N–H and O–H groups in total. The monoisotopic (exact) mass is 360 g/mol. The van der Waals surface area contributed by atoms with E-state index >= 15 is 0 Å². The average Bonchev–Trinajstić information content (AvgIpc) is 2.65. The van der Waals surface area contributed by atoms with Crippen LogP contribution in [0.3, 0.4) is 0 Å². The minimum atomic E-state index is -0.957. The van der Waals surface area contributed by atoms with Crippen LogP contribution in [0.2, 0.25) is 0 Å². The lowest BCUT2D eigenvalue weighted by Crippen LogP contribution is -2.23. The number of aldehydes is 1. The van der Waals surface area contributed by atoms with E-state index in [1.807, 2.05) is 36.4 Å². The highest BCUT2D eigenvalue weighted by Crippen LogP contribution is 2.13. The molecule has 1 aromatic rings. The lowest BCUT2D eigenvalue weighted by Gasteiger charge is -2.13. The number of benzene rings is 1. The van der Waals surface area contributed by atoms with E-state index in [0.29, 0.717) is 19.3 Å². The number of hydrogen-bond acceptors (Lipinski definition) is 4. The Morgan fingerprint density at radius 1 is 0.962 bits per heavy atom. The van der Waals surface area contributed by atoms with Gasteiger partial charge in [-0.1, -0.05) is 68.7 Å². The third-order valence-electron chi connectivity index (χ3n) is 4.23. The number of carbonyl (C=O) groups is 1. The van der Waals surface area contributed by atoms with Crippen molar-refractivity contribution in [2.75, 3.05) is 0 Å². The van der Waals surface area contributed by atoms with Crippen LogP contribution in [0.5, 0.6) is 0 Å². The molecule has 1 aromatic carbocycles. The highest BCUT2D eigenvalue weighted by atomic mass is 16.3. The van der Waals surface area contributed by atoms with Gasteiger partial charge in [0.1, 0.15) is 6.29 Å². The van der Waals surface area contributed by atoms with Gasteiger partial charge < -0.3 is 20.1 Å². The molecule has 0 saturated heterocycles. The molecule has 0 aliphatic heterocycles. The van der Waals surface area contributed by atoms with Gasteiger partial charge >= 0.3 is 0 Å². The largest absolute Gasteiger partial charge is 0.390 e. The van der Waals surface area contributed by atoms with Crippen LogP contribution in [0.1, 0.15) is 63.0 Å². The van der Waals surface area contributed by atoms with E-state index in [1.165, 1.54) is 0 Å². The molecule has 4 nitrogen and oxygen atoms in total. The number of aliphatic hydroxyl groups is 3. The zero-order chi connectivity index (χ0) is 19.2. The Hall–Kier alpha value is -1.75. The Bertz CT molecular complexity index is 565. The first-order valence-electron chi connectivity index (χ1n) is 9.51. The molecule has 0 heterocycles. The fraction of sp³-hybridized carbons (Fsp3) is 0.500. The second kappa shape index (κ2) is 13.5. The van der Waals surface area contributed by atoms with E-state index in [0.717, 1.165) is 43.1 Å². The maximum Gasteiger partial charge on any atom is 0.119 e. The molecule has 0 aromatic heterocycles. The quantitative estimate of drug-likeness (QED) is 0.370. The molecule has 0 amide bonds. The maximum atomic E-state index is 10.3. The summed E-state index contributed by atoms with van der Waals surface area (Å²) in [6.07, 6.45) is 11.0. The van der Waals surface area contributed by atoms with Gasteiger partial charge in [-0.3, -0.25) is 0 Å². The van der Waals surface area contributed by atoms with Crippen molar-refractivity contribution in [3.8, 4) is 0 Å². The summed E-state index contributed by atoms with van der Waals surface area (Å²) in [5, 5.41) is 29.8. The topological polar surface area (TPSA) is 77.8 Å². The Morgan fingerprint density at radius 3 is 2.31 bits per heavy atom. The SMILES string of the molecule is CCCCC[C@@H](O)/C=C/c1cccc(/C=C/[C@@H](O)[C@@H](O)CCCC=O)c1. The molecule has 0 radical (unpaired) electrons. The first kappa shape index (κ1) is 22.3. The number of aliphatic hydroxyl groups excluding tert-OH is 3. The van der Waals surface area contributed by atoms with E-state index in [1.54, 1.807) is 12.2 Å². The molecule has 0 spiro atoms. The van der Waals surface area contributed by atoms with Crippen LogP contribution >= 0.6 is 0 Å². The van der Waals surface area contributed by atoms with Gasteiger partial charge in [0.15, 0.2) is 0 Å². The number of carbonyl (C=O) groups excluding carboxylic acids is 1. The molecule has 26 heavy (non-hydrogen) atoms. The first-order valence-corrected chi connectivity index (χ1v) is 9.51. The van der Waals surface area contributed by atoms with Crippen LogP contribution in [-0.2, 0) is 4.79 Å². The fourth-order valence-electron chi connectivity index (χ4n) is 2.61. The van der Waals surface area contributed by atoms with Gasteiger partial charge in [0, 0.05) is 6.42 Å². The highest BCUT2D eigenvalue weighted by Gasteiger charge is 2.12. The molecular weight excluding hydrogens is 328 g/mol. The molecule has 144 valence electrons. The molecule has 3 atom stereocenters. The minimum Gasteiger partial charge on any atom is -0.390 e. The molecule has 1 rings (SSSR count). The number of unbranched alkanes of at least 4 members (excludes halogenated alkanes) is 3. The minimum absolute atomic E-state index is 0.392. The van der Waals surface area contributed by atoms with Crippen LogP contribution in [0, 0.1) is 0 Å². The second-order valence-corrected chi connectivity index (χ2v) is 6.61. The van der Waals surface area contributed by atoms with Crippen molar-refractivity contribution in [3.63, 3.8) is 0 Å². The third-order valence-corrected chi connectivity index (χ3v) is 4.23. The Morgan fingerprint density at radius 2 is 1.65 bits per heavy atom. The van der Waals surface area contributed by atoms with Crippen molar-refractivity contribution in [2.45, 2.75) is 70.2 Å². The summed E-state index contributed by atoms with van der Waals surface area (Å²) in [6, 6.07) is 7.74. The van der Waals surface area contributed by atoms with Crippen molar-refractivity contribution in [1.29, 1.82) is 0 Å². The van der Waals surface area contributed by atoms with Gasteiger partial charge in [-0.05, 0) is 36.5 Å². The molecule has 0 bridgehead atoms. The number of rotatable bonds is 13. The average molecular weight is 360 g/mol. The highest BCUT2D eigenvalue weighted by molar-refractivity contribution is 5.58. The van der Waals surface area contributed by atoms with E-state index in [4.69, 9.17) is 0 Å². The molecule has 4 heteroatoms. The normalized spacial score (nSPS) is 15.4. The summed E-state index contributed by atoms with van der Waals surface area (Å²) in [7, 11) is 0. The summed E-state index contributed by atoms with van der Waals surface area (Å²) in [5.41, 5.74) is 1.88. The summed E-state index contributed by atoms with van der Waals surface area (Å²) < 4.78 is 0. The van der Waals surface area contributed by atoms with E-state index in [2.05, 4.69) is 6.92 Å². The molecule has 0 fully saturated rings. The lowest BCUT2D eigenvalue weighted by molar-refractivity contribution is -0.108. The van der Waals surface area contributed by atoms with E-state index in [9.17, 15) is 20.1 Å². The Labute approximate surface area is 156 Å². The van der Waals surface area contributed by atoms with Crippen molar-refractivity contribution >= 4 is 18.4 Å². The molecule has 0 aliphatic rings. The van der Waals surface area contributed by atoms with Crippen molar-refractivity contribution in [1.82, 2.24) is 0 Å². The van der Waals surface area contributed by atoms with Crippen LogP contribution in [0.15, 0.2) is 36.4 Å². The summed E-state index contributed by atoms with van der Waals surface area (Å²) in [6.45, 7) is 2.14. The van der Waals surface area contributed by atoms with Crippen LogP contribution in [0.4, 0.5) is 0 Å². The van der Waals surface area contributed by atoms with E-state index in [-0.39, 0.29) is 0 Å². The molecular formula is C22H32O4. The predicted molar refractivity (Wildman–Crippen MR) is 107 cm³/mol. The van der Waals surface area contributed by atoms with Gasteiger partial charge in [-0.25, -0.2) is 0 Å². The zero-order valence-electron chi connectivity index (χ0n) is 15.6. The Balaban J connectivity index is 2.56. The second-order valence-electron chi connectivity index (χ2n) is 6.61. The third kappa shape index (κ3) is 9.66. The molecule has 0 saturated carbocycles. The Kier molecular flexibility index (Phi) is 11.5. The standard InChI is InChI=1S/C22H32O4/c1-2-3-4-10-20(24)14-12-18-8-7-9-19(17-18)13-15-22(26)21(25)11-5-6-16-23/h7-9,12-17,20-22,24-26H,2-6,10-11H2,1H3/b14-12+,15-13+/t20-,21+,22-/m1/s1. The lowest BCUT2D eigenvalue weighted by atomic mass is 10.0. The first-order chi connectivity index (χ1) is 12.6. The zero-order valence-corrected chi connectivity index (χ0v) is 15.6. The summed E-state index contributed by atoms with van der Waals surface area (Å²) in [5.74, 6) is 0. The van der Waals surface area contributed by atoms with Gasteiger partial charge in [-0.2, -0.15) is 0 Å². The molecule has 0 aliphatic carbocycles. The van der Waals surface area contributed by atoms with Crippen molar-refractivity contribution < 1.29 is 20.1 Å². The van der Waals surface area contributed by atoms with Crippen LogP contribution in [-0.4, -0.2) is 39.9 Å². The number of hydrogen-bond donors (Lipinski definition) is 3. The fourth-order valence-corrected chi connectivity index (χ4v) is 2.61. The van der Waals surface area contributed by atoms with Gasteiger partial charge in [0.05, 0.1) is 18.3 Å². The van der Waals surface area contributed by atoms with Gasteiger partial charge in [0.2, 0.25) is 0 Å². The van der Waals surface area contributed by atoms with Gasteiger partial charge in [0.25, 0.3) is 0 Å².